The number of fused-ring (bicyclic) bond motifs is 3. The molecule has 5 saturated carbocycles. The molecule has 1 amide bonds. The van der Waals surface area contributed by atoms with Gasteiger partial charge in [-0.1, -0.05) is 24.3 Å². The summed E-state index contributed by atoms with van der Waals surface area (Å²) in [6.07, 6.45) is 13.1. The van der Waals surface area contributed by atoms with Crippen molar-refractivity contribution in [2.75, 3.05) is 0 Å². The van der Waals surface area contributed by atoms with E-state index in [1.165, 1.54) is 19.3 Å². The molecule has 5 nitrogen and oxygen atoms in total. The number of benzene rings is 1. The highest BCUT2D eigenvalue weighted by molar-refractivity contribution is 5.82. The second kappa shape index (κ2) is 6.30. The Kier molecular flexibility index (Phi) is 3.69. The van der Waals surface area contributed by atoms with Crippen molar-refractivity contribution in [2.45, 2.75) is 56.4 Å². The summed E-state index contributed by atoms with van der Waals surface area (Å²) in [5.41, 5.74) is 0.632. The van der Waals surface area contributed by atoms with E-state index in [2.05, 4.69) is 22.5 Å². The van der Waals surface area contributed by atoms with E-state index in [4.69, 9.17) is 4.98 Å². The third-order valence-corrected chi connectivity index (χ3v) is 9.14. The molecule has 6 aliphatic rings. The highest BCUT2D eigenvalue weighted by Crippen LogP contribution is 2.57. The topological polar surface area (TPSA) is 74.8 Å². The van der Waals surface area contributed by atoms with Crippen molar-refractivity contribution in [3.8, 4) is 0 Å². The fraction of sp³-hybridized carbons (Fsp3) is 0.577. The number of carbonyl (C=O) groups is 1. The van der Waals surface area contributed by atoms with Crippen LogP contribution in [-0.4, -0.2) is 21.4 Å². The molecule has 0 aliphatic heterocycles. The maximum atomic E-state index is 13.8. The van der Waals surface area contributed by atoms with Crippen LogP contribution in [0.1, 0.15) is 56.7 Å². The van der Waals surface area contributed by atoms with Crippen molar-refractivity contribution in [1.29, 1.82) is 0 Å². The van der Waals surface area contributed by atoms with E-state index in [9.17, 15) is 9.59 Å². The molecule has 1 heterocycles. The minimum Gasteiger partial charge on any atom is -0.350 e. The Hall–Kier alpha value is -2.43. The van der Waals surface area contributed by atoms with Crippen LogP contribution in [0.15, 0.2) is 41.2 Å². The number of rotatable bonds is 3. The van der Waals surface area contributed by atoms with Crippen molar-refractivity contribution in [2.24, 2.45) is 35.5 Å². The average molecular weight is 416 g/mol. The first-order chi connectivity index (χ1) is 15.1. The van der Waals surface area contributed by atoms with Gasteiger partial charge in [-0.3, -0.25) is 9.59 Å². The predicted octanol–water partition coefficient (Wildman–Crippen LogP) is 3.91. The van der Waals surface area contributed by atoms with Crippen LogP contribution >= 0.6 is 0 Å². The summed E-state index contributed by atoms with van der Waals surface area (Å²) in [6, 6.07) is 7.47. The molecule has 4 atom stereocenters. The van der Waals surface area contributed by atoms with Crippen LogP contribution in [0.4, 0.5) is 0 Å². The van der Waals surface area contributed by atoms with Crippen molar-refractivity contribution >= 4 is 16.8 Å². The van der Waals surface area contributed by atoms with Gasteiger partial charge in [0.15, 0.2) is 0 Å². The molecular formula is C26H29N3O2. The fourth-order valence-corrected chi connectivity index (χ4v) is 8.42. The van der Waals surface area contributed by atoms with Gasteiger partial charge in [-0.25, -0.2) is 4.98 Å². The summed E-state index contributed by atoms with van der Waals surface area (Å²) >= 11 is 0. The zero-order valence-corrected chi connectivity index (χ0v) is 17.7. The van der Waals surface area contributed by atoms with Crippen molar-refractivity contribution in [3.05, 3.63) is 52.6 Å². The zero-order chi connectivity index (χ0) is 20.7. The molecule has 4 unspecified atom stereocenters. The molecule has 31 heavy (non-hydrogen) atoms. The number of H-pyrrole nitrogens is 1. The number of hydrogen-bond donors (Lipinski definition) is 2. The molecule has 6 bridgehead atoms. The highest BCUT2D eigenvalue weighted by atomic mass is 16.2. The molecule has 5 heteroatoms. The number of hydrogen-bond acceptors (Lipinski definition) is 3. The Morgan fingerprint density at radius 3 is 2.39 bits per heavy atom. The number of nitrogens with one attached hydrogen (secondary N) is 2. The largest absolute Gasteiger partial charge is 0.350 e. The third kappa shape index (κ3) is 2.71. The van der Waals surface area contributed by atoms with Gasteiger partial charge in [0.25, 0.3) is 5.56 Å². The number of aromatic nitrogens is 2. The first-order valence-electron chi connectivity index (χ1n) is 12.1. The van der Waals surface area contributed by atoms with Gasteiger partial charge in [0.05, 0.1) is 16.8 Å². The Morgan fingerprint density at radius 2 is 1.65 bits per heavy atom. The van der Waals surface area contributed by atoms with Gasteiger partial charge in [0.1, 0.15) is 5.82 Å². The standard InChI is InChI=1S/C26H29N3O2/c30-24-19-3-1-2-4-20(19)27-23(28-24)21-17-5-6-18(10-17)22(21)25(31)29-26-11-14-7-15(12-26)9-16(8-14)13-26/h1-6,14-18,21-22H,7-13H2,(H,29,31)(H,27,28,30). The Morgan fingerprint density at radius 1 is 0.968 bits per heavy atom. The van der Waals surface area contributed by atoms with Gasteiger partial charge < -0.3 is 10.3 Å². The molecule has 6 aliphatic carbocycles. The number of nitrogens with zero attached hydrogens (tertiary/aromatic N) is 1. The maximum absolute atomic E-state index is 13.8. The molecule has 8 rings (SSSR count). The third-order valence-electron chi connectivity index (χ3n) is 9.14. The maximum Gasteiger partial charge on any atom is 0.258 e. The van der Waals surface area contributed by atoms with Crippen LogP contribution in [0.3, 0.4) is 0 Å². The van der Waals surface area contributed by atoms with Gasteiger partial charge in [0, 0.05) is 11.5 Å². The first kappa shape index (κ1) is 18.2. The van der Waals surface area contributed by atoms with Gasteiger partial charge in [-0.05, 0) is 86.7 Å². The van der Waals surface area contributed by atoms with E-state index in [1.54, 1.807) is 0 Å². The molecule has 2 aromatic rings. The second-order valence-corrected chi connectivity index (χ2v) is 11.2. The SMILES string of the molecule is O=C(NC12CC3CC(CC(C3)C1)C2)C1C2C=CC(C2)C1c1nc2ccccc2c(=O)[nH]1. The van der Waals surface area contributed by atoms with E-state index in [0.717, 1.165) is 43.4 Å². The smallest absolute Gasteiger partial charge is 0.258 e. The normalized spacial score (nSPS) is 41.9. The summed E-state index contributed by atoms with van der Waals surface area (Å²) in [6.45, 7) is 0. The fourth-order valence-electron chi connectivity index (χ4n) is 8.42. The Bertz CT molecular complexity index is 1130. The lowest BCUT2D eigenvalue weighted by atomic mass is 9.53. The second-order valence-electron chi connectivity index (χ2n) is 11.2. The van der Waals surface area contributed by atoms with Crippen molar-refractivity contribution < 1.29 is 4.79 Å². The van der Waals surface area contributed by atoms with Crippen molar-refractivity contribution in [1.82, 2.24) is 15.3 Å². The summed E-state index contributed by atoms with van der Waals surface area (Å²) in [4.78, 5) is 34.4. The molecule has 1 aromatic heterocycles. The zero-order valence-electron chi connectivity index (χ0n) is 17.7. The number of amides is 1. The summed E-state index contributed by atoms with van der Waals surface area (Å²) in [5.74, 6) is 3.66. The lowest BCUT2D eigenvalue weighted by molar-refractivity contribution is -0.132. The lowest BCUT2D eigenvalue weighted by Crippen LogP contribution is -2.61. The van der Waals surface area contributed by atoms with E-state index < -0.39 is 0 Å². The van der Waals surface area contributed by atoms with E-state index in [-0.39, 0.29) is 40.7 Å². The average Bonchev–Trinajstić information content (AvgIpc) is 3.34. The molecule has 0 spiro atoms. The van der Waals surface area contributed by atoms with Crippen LogP contribution in [0.25, 0.3) is 10.9 Å². The highest BCUT2D eigenvalue weighted by Gasteiger charge is 2.55. The van der Waals surface area contributed by atoms with Crippen LogP contribution in [0.5, 0.6) is 0 Å². The number of para-hydroxylation sites is 1. The monoisotopic (exact) mass is 415 g/mol. The number of carbonyl (C=O) groups excluding carboxylic acids is 1. The minimum atomic E-state index is -0.132. The van der Waals surface area contributed by atoms with E-state index >= 15 is 0 Å². The lowest BCUT2D eigenvalue weighted by Gasteiger charge is -2.57. The molecule has 2 N–H and O–H groups in total. The molecule has 5 fully saturated rings. The van der Waals surface area contributed by atoms with Crippen LogP contribution < -0.4 is 10.9 Å². The van der Waals surface area contributed by atoms with E-state index in [1.807, 2.05) is 24.3 Å². The molecular weight excluding hydrogens is 386 g/mol. The van der Waals surface area contributed by atoms with Crippen molar-refractivity contribution in [3.63, 3.8) is 0 Å². The van der Waals surface area contributed by atoms with Gasteiger partial charge >= 0.3 is 0 Å². The van der Waals surface area contributed by atoms with Gasteiger partial charge in [-0.2, -0.15) is 0 Å². The van der Waals surface area contributed by atoms with E-state index in [0.29, 0.717) is 16.7 Å². The predicted molar refractivity (Wildman–Crippen MR) is 118 cm³/mol. The molecule has 0 radical (unpaired) electrons. The van der Waals surface area contributed by atoms with Crippen LogP contribution in [0, 0.1) is 35.5 Å². The summed E-state index contributed by atoms with van der Waals surface area (Å²) in [7, 11) is 0. The van der Waals surface area contributed by atoms with Gasteiger partial charge in [0.2, 0.25) is 5.91 Å². The Labute approximate surface area is 181 Å². The summed E-state index contributed by atoms with van der Waals surface area (Å²) < 4.78 is 0. The van der Waals surface area contributed by atoms with Gasteiger partial charge in [-0.15, -0.1) is 0 Å². The quantitative estimate of drug-likeness (QED) is 0.747. The number of aromatic amines is 1. The Balaban J connectivity index is 1.22. The minimum absolute atomic E-state index is 0.0200. The first-order valence-corrected chi connectivity index (χ1v) is 12.1. The molecule has 0 saturated heterocycles. The van der Waals surface area contributed by atoms with Crippen LogP contribution in [-0.2, 0) is 4.79 Å². The molecule has 1 aromatic carbocycles. The summed E-state index contributed by atoms with van der Waals surface area (Å²) in [5, 5.41) is 4.22. The van der Waals surface area contributed by atoms with Crippen LogP contribution in [0.2, 0.25) is 0 Å². The molecule has 160 valence electrons. The number of allylic oxidation sites excluding steroid dienone is 2.